The predicted octanol–water partition coefficient (Wildman–Crippen LogP) is 0.131. The van der Waals surface area contributed by atoms with Crippen LogP contribution in [0.5, 0.6) is 0 Å². The average Bonchev–Trinajstić information content (AvgIpc) is 1.79. The first-order valence-electron chi connectivity index (χ1n) is 3.03. The summed E-state index contributed by atoms with van der Waals surface area (Å²) in [5, 5.41) is 8.79. The van der Waals surface area contributed by atoms with Gasteiger partial charge in [-0.1, -0.05) is 0 Å². The summed E-state index contributed by atoms with van der Waals surface area (Å²) in [6.45, 7) is 1.04. The summed E-state index contributed by atoms with van der Waals surface area (Å²) >= 11 is 0. The molecule has 0 spiro atoms. The van der Waals surface area contributed by atoms with Crippen molar-refractivity contribution in [1.29, 1.82) is 0 Å². The molecule has 0 aromatic rings. The van der Waals surface area contributed by atoms with Gasteiger partial charge in [-0.05, 0) is 12.5 Å². The highest BCUT2D eigenvalue weighted by Gasteiger charge is 2.25. The average molecular weight is 232 g/mol. The molecule has 0 aromatic heterocycles. The molecule has 0 heterocycles. The Kier molecular flexibility index (Phi) is 3.87. The smallest absolute Gasteiger partial charge is 0.390 e. The molecule has 0 aliphatic carbocycles. The van der Waals surface area contributed by atoms with Gasteiger partial charge >= 0.3 is 15.2 Å². The van der Waals surface area contributed by atoms with Gasteiger partial charge in [0.15, 0.2) is 0 Å². The van der Waals surface area contributed by atoms with Crippen LogP contribution >= 0.6 is 15.2 Å². The highest BCUT2D eigenvalue weighted by molar-refractivity contribution is 7.56. The molecule has 78 valence electrons. The standard InChI is InChI=1S/C4H10O7P2/c1-3(2-12(6,7)8)4(5)13(9,10)11/h5H,2H2,1H3,(H2,6,7,8)(H2,9,10,11)/b4-3+. The predicted molar refractivity (Wildman–Crippen MR) is 44.3 cm³/mol. The molecule has 0 atom stereocenters. The number of aliphatic hydroxyl groups is 1. The van der Waals surface area contributed by atoms with Crippen LogP contribution in [-0.4, -0.2) is 30.8 Å². The molecule has 0 saturated heterocycles. The minimum atomic E-state index is -4.81. The van der Waals surface area contributed by atoms with E-state index in [2.05, 4.69) is 0 Å². The lowest BCUT2D eigenvalue weighted by atomic mass is 10.4. The highest BCUT2D eigenvalue weighted by Crippen LogP contribution is 2.47. The monoisotopic (exact) mass is 232 g/mol. The van der Waals surface area contributed by atoms with Gasteiger partial charge in [-0.3, -0.25) is 9.13 Å². The fourth-order valence-electron chi connectivity index (χ4n) is 0.628. The van der Waals surface area contributed by atoms with E-state index < -0.39 is 32.4 Å². The molecule has 0 unspecified atom stereocenters. The molecule has 0 aliphatic rings. The van der Waals surface area contributed by atoms with Crippen molar-refractivity contribution in [3.05, 3.63) is 11.1 Å². The molecule has 0 aromatic carbocycles. The zero-order valence-electron chi connectivity index (χ0n) is 6.65. The van der Waals surface area contributed by atoms with E-state index in [0.717, 1.165) is 6.92 Å². The molecule has 5 N–H and O–H groups in total. The third kappa shape index (κ3) is 5.21. The second-order valence-electron chi connectivity index (χ2n) is 2.47. The van der Waals surface area contributed by atoms with Gasteiger partial charge in [0, 0.05) is 0 Å². The van der Waals surface area contributed by atoms with Crippen LogP contribution in [0.4, 0.5) is 0 Å². The highest BCUT2D eigenvalue weighted by atomic mass is 31.2. The number of allylic oxidation sites excluding steroid dienone is 1. The van der Waals surface area contributed by atoms with Gasteiger partial charge in [0.1, 0.15) is 0 Å². The molecule has 0 amide bonds. The van der Waals surface area contributed by atoms with Crippen molar-refractivity contribution in [2.24, 2.45) is 0 Å². The third-order valence-corrected chi connectivity index (χ3v) is 2.92. The van der Waals surface area contributed by atoms with Gasteiger partial charge in [-0.25, -0.2) is 0 Å². The van der Waals surface area contributed by atoms with Crippen molar-refractivity contribution < 1.29 is 33.8 Å². The maximum absolute atomic E-state index is 10.4. The van der Waals surface area contributed by atoms with Crippen LogP contribution < -0.4 is 0 Å². The van der Waals surface area contributed by atoms with E-state index in [1.807, 2.05) is 0 Å². The van der Waals surface area contributed by atoms with Gasteiger partial charge in [0.25, 0.3) is 0 Å². The Hall–Kier alpha value is -0.160. The van der Waals surface area contributed by atoms with Crippen LogP contribution in [-0.2, 0) is 9.13 Å². The second kappa shape index (κ2) is 3.92. The van der Waals surface area contributed by atoms with Crippen LogP contribution in [0.25, 0.3) is 0 Å². The van der Waals surface area contributed by atoms with E-state index in [0.29, 0.717) is 0 Å². The Morgan fingerprint density at radius 3 is 1.77 bits per heavy atom. The largest absolute Gasteiger partial charge is 0.501 e. The second-order valence-corrected chi connectivity index (χ2v) is 5.63. The molecule has 9 heteroatoms. The Labute approximate surface area is 74.0 Å². The van der Waals surface area contributed by atoms with Crippen molar-refractivity contribution in [3.63, 3.8) is 0 Å². The fourth-order valence-corrected chi connectivity index (χ4v) is 2.10. The molecule has 0 aliphatic heterocycles. The van der Waals surface area contributed by atoms with Crippen LogP contribution in [0.2, 0.25) is 0 Å². The minimum absolute atomic E-state index is 0.415. The summed E-state index contributed by atoms with van der Waals surface area (Å²) in [7, 11) is -9.21. The first-order valence-corrected chi connectivity index (χ1v) is 6.44. The zero-order valence-corrected chi connectivity index (χ0v) is 8.44. The summed E-state index contributed by atoms with van der Waals surface area (Å²) in [4.78, 5) is 33.6. The molecule has 13 heavy (non-hydrogen) atoms. The molecular weight excluding hydrogens is 222 g/mol. The zero-order chi connectivity index (χ0) is 10.9. The van der Waals surface area contributed by atoms with Gasteiger partial charge in [-0.15, -0.1) is 0 Å². The van der Waals surface area contributed by atoms with Crippen molar-refractivity contribution in [2.45, 2.75) is 6.92 Å². The van der Waals surface area contributed by atoms with Crippen molar-refractivity contribution in [3.8, 4) is 0 Å². The summed E-state index contributed by atoms with van der Waals surface area (Å²) in [6, 6.07) is 0. The van der Waals surface area contributed by atoms with Gasteiger partial charge in [0.05, 0.1) is 6.16 Å². The molecule has 0 bridgehead atoms. The van der Waals surface area contributed by atoms with E-state index in [4.69, 9.17) is 24.7 Å². The molecule has 0 radical (unpaired) electrons. The van der Waals surface area contributed by atoms with Gasteiger partial charge in [0.2, 0.25) is 5.50 Å². The van der Waals surface area contributed by atoms with Crippen LogP contribution in [0.3, 0.4) is 0 Å². The Bertz CT molecular complexity index is 306. The molecule has 0 rings (SSSR count). The molecular formula is C4H10O7P2. The fraction of sp³-hybridized carbons (Fsp3) is 0.500. The minimum Gasteiger partial charge on any atom is -0.501 e. The Balaban J connectivity index is 4.87. The van der Waals surface area contributed by atoms with Crippen molar-refractivity contribution in [1.82, 2.24) is 0 Å². The first kappa shape index (κ1) is 12.8. The molecule has 0 fully saturated rings. The Morgan fingerprint density at radius 1 is 1.15 bits per heavy atom. The van der Waals surface area contributed by atoms with Gasteiger partial charge in [-0.2, -0.15) is 0 Å². The van der Waals surface area contributed by atoms with E-state index >= 15 is 0 Å². The molecule has 0 saturated carbocycles. The summed E-state index contributed by atoms with van der Waals surface area (Å²) in [5.41, 5.74) is -1.70. The number of aliphatic hydroxyl groups excluding tert-OH is 1. The van der Waals surface area contributed by atoms with Crippen molar-refractivity contribution >= 4 is 15.2 Å². The first-order chi connectivity index (χ1) is 5.54. The topological polar surface area (TPSA) is 135 Å². The van der Waals surface area contributed by atoms with Gasteiger partial charge < -0.3 is 24.7 Å². The summed E-state index contributed by atoms with van der Waals surface area (Å²) in [6.07, 6.45) is -0.871. The maximum atomic E-state index is 10.4. The summed E-state index contributed by atoms with van der Waals surface area (Å²) < 4.78 is 20.8. The lowest BCUT2D eigenvalue weighted by molar-refractivity contribution is 0.334. The maximum Gasteiger partial charge on any atom is 0.390 e. The van der Waals surface area contributed by atoms with Crippen molar-refractivity contribution in [2.75, 3.05) is 6.16 Å². The van der Waals surface area contributed by atoms with E-state index in [9.17, 15) is 9.13 Å². The van der Waals surface area contributed by atoms with Crippen LogP contribution in [0.15, 0.2) is 11.1 Å². The quantitative estimate of drug-likeness (QED) is 0.344. The lowest BCUT2D eigenvalue weighted by Gasteiger charge is -2.08. The number of hydrogen-bond acceptors (Lipinski definition) is 3. The van der Waals surface area contributed by atoms with E-state index in [-0.39, 0.29) is 0 Å². The van der Waals surface area contributed by atoms with E-state index in [1.54, 1.807) is 0 Å². The van der Waals surface area contributed by atoms with Crippen LogP contribution in [0, 0.1) is 0 Å². The summed E-state index contributed by atoms with van der Waals surface area (Å²) in [5.74, 6) is 0. The number of rotatable bonds is 3. The number of hydrogen-bond donors (Lipinski definition) is 5. The lowest BCUT2D eigenvalue weighted by Crippen LogP contribution is -1.96. The van der Waals surface area contributed by atoms with Crippen LogP contribution in [0.1, 0.15) is 6.92 Å². The Morgan fingerprint density at radius 2 is 1.54 bits per heavy atom. The third-order valence-electron chi connectivity index (χ3n) is 1.10. The normalized spacial score (nSPS) is 15.5. The van der Waals surface area contributed by atoms with E-state index in [1.165, 1.54) is 0 Å². The SMILES string of the molecule is C/C(CP(=O)(O)O)=C(/O)P(=O)(O)O. The molecule has 7 nitrogen and oxygen atoms in total.